The molecule has 0 aromatic heterocycles. The molecular formula is C12H19ClFNO2. The van der Waals surface area contributed by atoms with E-state index in [1.807, 2.05) is 13.8 Å². The first-order valence-electron chi connectivity index (χ1n) is 5.92. The minimum absolute atomic E-state index is 0.00401. The first-order chi connectivity index (χ1) is 7.92. The Morgan fingerprint density at radius 1 is 1.71 bits per heavy atom. The summed E-state index contributed by atoms with van der Waals surface area (Å²) in [4.78, 5) is 16.1. The fourth-order valence-corrected chi connectivity index (χ4v) is 1.76. The Balaban J connectivity index is 2.00. The Labute approximate surface area is 106 Å². The van der Waals surface area contributed by atoms with Crippen molar-refractivity contribution in [3.63, 3.8) is 0 Å². The molecule has 1 aliphatic carbocycles. The van der Waals surface area contributed by atoms with E-state index in [9.17, 15) is 9.18 Å². The van der Waals surface area contributed by atoms with E-state index in [2.05, 4.69) is 5.48 Å². The van der Waals surface area contributed by atoms with Gasteiger partial charge < -0.3 is 0 Å². The van der Waals surface area contributed by atoms with Crippen LogP contribution in [0.15, 0.2) is 12.2 Å². The second-order valence-electron chi connectivity index (χ2n) is 4.63. The smallest absolute Gasteiger partial charge is 0.267 e. The van der Waals surface area contributed by atoms with Gasteiger partial charge in [0.1, 0.15) is 0 Å². The highest BCUT2D eigenvalue weighted by atomic mass is 35.5. The lowest BCUT2D eigenvalue weighted by Gasteiger charge is -2.05. The predicted molar refractivity (Wildman–Crippen MR) is 65.2 cm³/mol. The summed E-state index contributed by atoms with van der Waals surface area (Å²) in [5.74, 6) is -0.280. The first-order valence-corrected chi connectivity index (χ1v) is 6.29. The molecule has 1 amide bonds. The highest BCUT2D eigenvalue weighted by Crippen LogP contribution is 2.53. The summed E-state index contributed by atoms with van der Waals surface area (Å²) >= 11 is 5.48. The van der Waals surface area contributed by atoms with Crippen molar-refractivity contribution in [1.29, 1.82) is 0 Å². The lowest BCUT2D eigenvalue weighted by Crippen LogP contribution is -2.24. The number of unbranched alkanes of at least 4 members (excludes halogenated alkanes) is 1. The molecule has 0 saturated heterocycles. The molecule has 0 aliphatic heterocycles. The van der Waals surface area contributed by atoms with Gasteiger partial charge in [0, 0.05) is 18.4 Å². The van der Waals surface area contributed by atoms with Crippen LogP contribution in [0.4, 0.5) is 4.39 Å². The van der Waals surface area contributed by atoms with Crippen molar-refractivity contribution in [2.24, 2.45) is 5.92 Å². The maximum Gasteiger partial charge on any atom is 0.267 e. The van der Waals surface area contributed by atoms with E-state index >= 15 is 0 Å². The Kier molecular flexibility index (Phi) is 5.40. The Morgan fingerprint density at radius 2 is 2.35 bits per heavy atom. The number of allylic oxidation sites excluding steroid dienone is 1. The second-order valence-corrected chi connectivity index (χ2v) is 5.26. The fourth-order valence-electron chi connectivity index (χ4n) is 1.47. The Morgan fingerprint density at radius 3 is 2.88 bits per heavy atom. The summed E-state index contributed by atoms with van der Waals surface area (Å²) in [6.45, 7) is 3.66. The van der Waals surface area contributed by atoms with Gasteiger partial charge in [-0.15, -0.1) is 0 Å². The molecule has 0 spiro atoms. The summed E-state index contributed by atoms with van der Waals surface area (Å²) < 4.78 is 12.9. The third-order valence-electron chi connectivity index (χ3n) is 2.54. The van der Waals surface area contributed by atoms with Crippen molar-refractivity contribution < 1.29 is 14.0 Å². The number of halogens is 2. The van der Waals surface area contributed by atoms with Gasteiger partial charge >= 0.3 is 0 Å². The number of hydrogen-bond donors (Lipinski definition) is 1. The molecule has 2 atom stereocenters. The largest absolute Gasteiger partial charge is 0.271 e. The normalized spacial score (nSPS) is 27.7. The van der Waals surface area contributed by atoms with Gasteiger partial charge in [-0.05, 0) is 33.1 Å². The lowest BCUT2D eigenvalue weighted by molar-refractivity contribution is -0.131. The van der Waals surface area contributed by atoms with Crippen LogP contribution in [0.5, 0.6) is 0 Å². The van der Waals surface area contributed by atoms with Crippen molar-refractivity contribution in [1.82, 2.24) is 5.48 Å². The molecule has 17 heavy (non-hydrogen) atoms. The van der Waals surface area contributed by atoms with Gasteiger partial charge in [0.25, 0.3) is 5.91 Å². The highest BCUT2D eigenvalue weighted by Gasteiger charge is 2.53. The minimum atomic E-state index is -1.45. The third kappa shape index (κ3) is 6.03. The van der Waals surface area contributed by atoms with Crippen LogP contribution >= 0.6 is 11.6 Å². The number of hydroxylamine groups is 1. The maximum atomic E-state index is 12.9. The van der Waals surface area contributed by atoms with Crippen LogP contribution in [0.1, 0.15) is 39.5 Å². The zero-order valence-corrected chi connectivity index (χ0v) is 11.0. The summed E-state index contributed by atoms with van der Waals surface area (Å²) in [6, 6.07) is 0. The fraction of sp³-hybridized carbons (Fsp3) is 0.750. The van der Waals surface area contributed by atoms with Crippen LogP contribution in [0.2, 0.25) is 0 Å². The molecule has 0 radical (unpaired) electrons. The van der Waals surface area contributed by atoms with Gasteiger partial charge in [-0.1, -0.05) is 17.7 Å². The number of rotatable bonds is 7. The lowest BCUT2D eigenvalue weighted by atomic mass is 10.1. The van der Waals surface area contributed by atoms with Crippen molar-refractivity contribution in [2.45, 2.75) is 50.8 Å². The standard InChI is InChI=1S/C12H19ClFNO2/c1-9(2)17-15-11(16)7-5-3-4-6-10-8-12(10,13)14/h5,7,9-10H,3-4,6,8H2,1-2H3,(H,15,16)/b7-5+. The molecule has 3 nitrogen and oxygen atoms in total. The van der Waals surface area contributed by atoms with Crippen LogP contribution < -0.4 is 5.48 Å². The molecule has 1 saturated carbocycles. The molecule has 1 rings (SSSR count). The average Bonchev–Trinajstić information content (AvgIpc) is 2.83. The monoisotopic (exact) mass is 263 g/mol. The predicted octanol–water partition coefficient (Wildman–Crippen LogP) is 3.09. The van der Waals surface area contributed by atoms with Crippen molar-refractivity contribution >= 4 is 17.5 Å². The molecule has 0 bridgehead atoms. The molecule has 0 aromatic rings. The van der Waals surface area contributed by atoms with Crippen LogP contribution in [0.3, 0.4) is 0 Å². The molecule has 0 heterocycles. The number of nitrogens with one attached hydrogen (secondary N) is 1. The van der Waals surface area contributed by atoms with Gasteiger partial charge in [-0.2, -0.15) is 0 Å². The Bertz CT molecular complexity index is 292. The van der Waals surface area contributed by atoms with Crippen molar-refractivity contribution in [3.8, 4) is 0 Å². The van der Waals surface area contributed by atoms with E-state index in [1.165, 1.54) is 6.08 Å². The van der Waals surface area contributed by atoms with Gasteiger partial charge in [-0.25, -0.2) is 9.87 Å². The zero-order chi connectivity index (χ0) is 12.9. The van der Waals surface area contributed by atoms with Crippen LogP contribution in [0, 0.1) is 5.92 Å². The maximum absolute atomic E-state index is 12.9. The zero-order valence-electron chi connectivity index (χ0n) is 10.2. The van der Waals surface area contributed by atoms with Crippen LogP contribution in [-0.2, 0) is 9.63 Å². The number of carbonyl (C=O) groups excluding carboxylic acids is 1. The van der Waals surface area contributed by atoms with Crippen molar-refractivity contribution in [3.05, 3.63) is 12.2 Å². The van der Waals surface area contributed by atoms with E-state index in [0.29, 0.717) is 6.42 Å². The minimum Gasteiger partial charge on any atom is -0.271 e. The van der Waals surface area contributed by atoms with Gasteiger partial charge in [0.05, 0.1) is 6.10 Å². The molecule has 0 aromatic carbocycles. The van der Waals surface area contributed by atoms with Crippen LogP contribution in [-0.4, -0.2) is 17.1 Å². The van der Waals surface area contributed by atoms with Gasteiger partial charge in [-0.3, -0.25) is 9.63 Å². The summed E-state index contributed by atoms with van der Waals surface area (Å²) in [6.07, 6.45) is 5.98. The van der Waals surface area contributed by atoms with Crippen LogP contribution in [0.25, 0.3) is 0 Å². The number of carbonyl (C=O) groups is 1. The molecule has 2 unspecified atom stereocenters. The molecule has 1 aliphatic rings. The SMILES string of the molecule is CC(C)ONC(=O)/C=C/CCCC1CC1(F)Cl. The number of hydrogen-bond acceptors (Lipinski definition) is 2. The quantitative estimate of drug-likeness (QED) is 0.332. The van der Waals surface area contributed by atoms with E-state index < -0.39 is 5.13 Å². The molecule has 1 fully saturated rings. The molecule has 1 N–H and O–H groups in total. The molecular weight excluding hydrogens is 245 g/mol. The number of amides is 1. The van der Waals surface area contributed by atoms with E-state index in [0.717, 1.165) is 19.3 Å². The molecule has 98 valence electrons. The third-order valence-corrected chi connectivity index (χ3v) is 3.01. The second kappa shape index (κ2) is 6.36. The van der Waals surface area contributed by atoms with Gasteiger partial charge in [0.2, 0.25) is 0 Å². The summed E-state index contributed by atoms with van der Waals surface area (Å²) in [5.41, 5.74) is 2.30. The van der Waals surface area contributed by atoms with Gasteiger partial charge in [0.15, 0.2) is 5.13 Å². The summed E-state index contributed by atoms with van der Waals surface area (Å²) in [5, 5.41) is -1.45. The molecule has 5 heteroatoms. The average molecular weight is 264 g/mol. The van der Waals surface area contributed by atoms with E-state index in [-0.39, 0.29) is 17.9 Å². The summed E-state index contributed by atoms with van der Waals surface area (Å²) in [7, 11) is 0. The first kappa shape index (κ1) is 14.5. The van der Waals surface area contributed by atoms with E-state index in [4.69, 9.17) is 16.4 Å². The van der Waals surface area contributed by atoms with E-state index in [1.54, 1.807) is 6.08 Å². The number of alkyl halides is 2. The topological polar surface area (TPSA) is 38.3 Å². The van der Waals surface area contributed by atoms with Crippen molar-refractivity contribution in [2.75, 3.05) is 0 Å². The Hall–Kier alpha value is -0.610. The highest BCUT2D eigenvalue weighted by molar-refractivity contribution is 6.24.